The molecule has 0 N–H and O–H groups in total. The molecule has 12 heteroatoms. The predicted molar refractivity (Wildman–Crippen MR) is 225 cm³/mol. The van der Waals surface area contributed by atoms with Crippen molar-refractivity contribution >= 4 is 48.5 Å². The van der Waals surface area contributed by atoms with Gasteiger partial charge in [0.05, 0.1) is 27.4 Å². The summed E-state index contributed by atoms with van der Waals surface area (Å²) in [5.74, 6) is 2.85. The predicted octanol–water partition coefficient (Wildman–Crippen LogP) is 11.8. The highest BCUT2D eigenvalue weighted by Crippen LogP contribution is 2.38. The number of nitrogens with zero attached hydrogens (tertiary/aromatic N) is 2. The third-order valence-corrected chi connectivity index (χ3v) is 19.6. The minimum absolute atomic E-state index is 0.193. The standard InChI is InChI=1S/2C20H28BrNO3Si/c2*1-20(2,3)26(5,6)25-10-9-24-19-12-15(7-8-18(19)23-4)16-11-17(21)14-22-13-16/h2*7-8,11-14H,9-10H2,1-6H3. The first-order valence-electron chi connectivity index (χ1n) is 17.4. The van der Waals surface area contributed by atoms with Crippen LogP contribution in [0.4, 0.5) is 0 Å². The van der Waals surface area contributed by atoms with Crippen molar-refractivity contribution in [2.75, 3.05) is 40.6 Å². The molecule has 2 heterocycles. The number of hydrogen-bond donors (Lipinski definition) is 0. The van der Waals surface area contributed by atoms with Crippen LogP contribution in [-0.2, 0) is 8.85 Å². The summed E-state index contributed by atoms with van der Waals surface area (Å²) in [5.41, 5.74) is 4.09. The monoisotopic (exact) mass is 874 g/mol. The third-order valence-electron chi connectivity index (χ3n) is 9.62. The van der Waals surface area contributed by atoms with E-state index in [0.717, 1.165) is 31.2 Å². The number of benzene rings is 2. The highest BCUT2D eigenvalue weighted by molar-refractivity contribution is 9.10. The number of rotatable bonds is 14. The van der Waals surface area contributed by atoms with Gasteiger partial charge in [-0.1, -0.05) is 53.7 Å². The zero-order chi connectivity index (χ0) is 38.7. The zero-order valence-corrected chi connectivity index (χ0v) is 38.0. The van der Waals surface area contributed by atoms with Crippen molar-refractivity contribution in [2.24, 2.45) is 0 Å². The molecule has 0 aliphatic rings. The lowest BCUT2D eigenvalue weighted by molar-refractivity contribution is 0.199. The molecule has 0 unspecified atom stereocenters. The first-order chi connectivity index (χ1) is 24.3. The van der Waals surface area contributed by atoms with Gasteiger partial charge in [-0.25, -0.2) is 0 Å². The van der Waals surface area contributed by atoms with Crippen LogP contribution in [0.3, 0.4) is 0 Å². The van der Waals surface area contributed by atoms with Gasteiger partial charge < -0.3 is 27.8 Å². The Kier molecular flexibility index (Phi) is 16.0. The molecule has 2 aromatic heterocycles. The molecule has 2 aromatic carbocycles. The minimum Gasteiger partial charge on any atom is -0.493 e. The molecular weight excluding hydrogens is 820 g/mol. The van der Waals surface area contributed by atoms with Crippen LogP contribution in [0.5, 0.6) is 23.0 Å². The third kappa shape index (κ3) is 12.7. The molecule has 52 heavy (non-hydrogen) atoms. The topological polar surface area (TPSA) is 81.2 Å². The number of pyridine rings is 2. The summed E-state index contributed by atoms with van der Waals surface area (Å²) >= 11 is 6.92. The summed E-state index contributed by atoms with van der Waals surface area (Å²) in [6.45, 7) is 24.5. The Morgan fingerprint density at radius 1 is 0.500 bits per heavy atom. The Morgan fingerprint density at radius 2 is 0.865 bits per heavy atom. The van der Waals surface area contributed by atoms with E-state index >= 15 is 0 Å². The van der Waals surface area contributed by atoms with E-state index in [9.17, 15) is 0 Å². The number of ether oxygens (including phenoxy) is 4. The summed E-state index contributed by atoms with van der Waals surface area (Å²) in [6, 6.07) is 15.9. The zero-order valence-electron chi connectivity index (χ0n) is 32.9. The van der Waals surface area contributed by atoms with Gasteiger partial charge in [-0.15, -0.1) is 0 Å². The van der Waals surface area contributed by atoms with E-state index in [0.29, 0.717) is 49.4 Å². The van der Waals surface area contributed by atoms with Crippen molar-refractivity contribution in [3.05, 3.63) is 82.3 Å². The molecule has 0 saturated carbocycles. The van der Waals surface area contributed by atoms with Crippen molar-refractivity contribution in [1.29, 1.82) is 0 Å². The van der Waals surface area contributed by atoms with Crippen LogP contribution < -0.4 is 18.9 Å². The second-order valence-corrected chi connectivity index (χ2v) is 26.9. The van der Waals surface area contributed by atoms with Crippen LogP contribution in [-0.4, -0.2) is 67.2 Å². The van der Waals surface area contributed by atoms with Crippen molar-refractivity contribution in [1.82, 2.24) is 9.97 Å². The first kappa shape index (κ1) is 43.7. The van der Waals surface area contributed by atoms with Gasteiger partial charge in [0.1, 0.15) is 13.2 Å². The summed E-state index contributed by atoms with van der Waals surface area (Å²) in [4.78, 5) is 8.45. The summed E-state index contributed by atoms with van der Waals surface area (Å²) < 4.78 is 37.0. The van der Waals surface area contributed by atoms with Crippen LogP contribution in [0, 0.1) is 0 Å². The molecule has 8 nitrogen and oxygen atoms in total. The van der Waals surface area contributed by atoms with Gasteiger partial charge in [-0.2, -0.15) is 0 Å². The molecule has 284 valence electrons. The van der Waals surface area contributed by atoms with E-state index in [1.807, 2.05) is 60.9 Å². The molecule has 4 aromatic rings. The van der Waals surface area contributed by atoms with E-state index in [-0.39, 0.29) is 10.1 Å². The van der Waals surface area contributed by atoms with E-state index in [1.165, 1.54) is 0 Å². The van der Waals surface area contributed by atoms with Gasteiger partial charge in [0.25, 0.3) is 0 Å². The molecular formula is C40H56Br2N2O6Si2. The van der Waals surface area contributed by atoms with Crippen molar-refractivity contribution in [3.63, 3.8) is 0 Å². The first-order valence-corrected chi connectivity index (χ1v) is 24.8. The fourth-order valence-electron chi connectivity index (χ4n) is 4.41. The fraction of sp³-hybridized carbons (Fsp3) is 0.450. The molecule has 0 atom stereocenters. The van der Waals surface area contributed by atoms with Gasteiger partial charge in [-0.3, -0.25) is 9.97 Å². The summed E-state index contributed by atoms with van der Waals surface area (Å²) in [7, 11) is -0.224. The van der Waals surface area contributed by atoms with Crippen LogP contribution in [0.15, 0.2) is 82.3 Å². The molecule has 0 bridgehead atoms. The summed E-state index contributed by atoms with van der Waals surface area (Å²) in [5, 5.41) is 0.386. The second-order valence-electron chi connectivity index (χ2n) is 15.4. The van der Waals surface area contributed by atoms with E-state index in [4.69, 9.17) is 27.8 Å². The maximum Gasteiger partial charge on any atom is 0.192 e. The molecule has 0 spiro atoms. The SMILES string of the molecule is COc1ccc(-c2cncc(Br)c2)cc1OCCO[Si](C)(C)C(C)(C)C.COc1ccc(-c2cncc(Br)c2)cc1OCCO[Si](C)(C)C(C)(C)C. The number of halogens is 2. The van der Waals surface area contributed by atoms with Crippen molar-refractivity contribution < 1.29 is 27.8 Å². The molecule has 0 fully saturated rings. The normalized spacial score (nSPS) is 12.1. The Bertz CT molecular complexity index is 1620. The number of aromatic nitrogens is 2. The van der Waals surface area contributed by atoms with Gasteiger partial charge in [0.15, 0.2) is 39.6 Å². The largest absolute Gasteiger partial charge is 0.493 e. The van der Waals surface area contributed by atoms with Crippen LogP contribution in [0.1, 0.15) is 41.5 Å². The van der Waals surface area contributed by atoms with E-state index in [2.05, 4.69) is 110 Å². The highest BCUT2D eigenvalue weighted by atomic mass is 79.9. The fourth-order valence-corrected chi connectivity index (χ4v) is 7.19. The Labute approximate surface area is 330 Å². The maximum atomic E-state index is 6.18. The van der Waals surface area contributed by atoms with Crippen molar-refractivity contribution in [2.45, 2.75) is 77.8 Å². The molecule has 0 saturated heterocycles. The Hall–Kier alpha value is -2.75. The lowest BCUT2D eigenvalue weighted by Gasteiger charge is -2.36. The second kappa shape index (κ2) is 19.0. The quantitative estimate of drug-likeness (QED) is 0.0915. The molecule has 0 aliphatic carbocycles. The van der Waals surface area contributed by atoms with Crippen LogP contribution >= 0.6 is 31.9 Å². The number of hydrogen-bond acceptors (Lipinski definition) is 8. The van der Waals surface area contributed by atoms with E-state index in [1.54, 1.807) is 26.6 Å². The highest BCUT2D eigenvalue weighted by Gasteiger charge is 2.37. The average Bonchev–Trinajstić information content (AvgIpc) is 3.07. The number of methoxy groups -OCH3 is 2. The van der Waals surface area contributed by atoms with Gasteiger partial charge in [0.2, 0.25) is 0 Å². The van der Waals surface area contributed by atoms with Crippen LogP contribution in [0.2, 0.25) is 36.3 Å². The van der Waals surface area contributed by atoms with Gasteiger partial charge >= 0.3 is 0 Å². The average molecular weight is 877 g/mol. The van der Waals surface area contributed by atoms with E-state index < -0.39 is 16.6 Å². The molecule has 0 radical (unpaired) electrons. The molecule has 4 rings (SSSR count). The van der Waals surface area contributed by atoms with Crippen molar-refractivity contribution in [3.8, 4) is 45.3 Å². The molecule has 0 amide bonds. The summed E-state index contributed by atoms with van der Waals surface area (Å²) in [6.07, 6.45) is 7.19. The lowest BCUT2D eigenvalue weighted by atomic mass is 10.1. The van der Waals surface area contributed by atoms with Crippen LogP contribution in [0.25, 0.3) is 22.3 Å². The minimum atomic E-state index is -1.76. The lowest BCUT2D eigenvalue weighted by Crippen LogP contribution is -2.41. The Morgan fingerprint density at radius 3 is 1.17 bits per heavy atom. The van der Waals surface area contributed by atoms with Gasteiger partial charge in [-0.05, 0) is 116 Å². The smallest absolute Gasteiger partial charge is 0.192 e. The molecule has 0 aliphatic heterocycles. The Balaban J connectivity index is 0.000000280. The maximum absolute atomic E-state index is 6.18. The van der Waals surface area contributed by atoms with Gasteiger partial charge in [0, 0.05) is 44.9 Å².